The molecule has 8 heteroatoms. The highest BCUT2D eigenvalue weighted by atomic mass is 32.2. The van der Waals surface area contributed by atoms with Crippen LogP contribution in [0.5, 0.6) is 0 Å². The van der Waals surface area contributed by atoms with Crippen LogP contribution in [0.2, 0.25) is 0 Å². The molecule has 0 atom stereocenters. The van der Waals surface area contributed by atoms with Crippen LogP contribution in [0, 0.1) is 12.8 Å². The summed E-state index contributed by atoms with van der Waals surface area (Å²) in [7, 11) is -3.49. The molecule has 1 aromatic carbocycles. The second-order valence-corrected chi connectivity index (χ2v) is 11.8. The van der Waals surface area contributed by atoms with Crippen molar-refractivity contribution in [3.05, 3.63) is 46.3 Å². The Labute approximate surface area is 182 Å². The lowest BCUT2D eigenvalue weighted by Crippen LogP contribution is -2.48. The number of thiophene rings is 1. The number of anilines is 1. The zero-order valence-electron chi connectivity index (χ0n) is 17.2. The minimum Gasteiger partial charge on any atom is -0.369 e. The minimum absolute atomic E-state index is 0.207. The predicted molar refractivity (Wildman–Crippen MR) is 118 cm³/mol. The maximum atomic E-state index is 13.3. The molecule has 0 N–H and O–H groups in total. The second kappa shape index (κ2) is 7.66. The number of aryl methyl sites for hydroxylation is 1. The van der Waals surface area contributed by atoms with Crippen molar-refractivity contribution < 1.29 is 13.2 Å². The van der Waals surface area contributed by atoms with Crippen LogP contribution in [0.25, 0.3) is 0 Å². The standard InChI is InChI=1S/C22H27N3O3S2/c1-16-2-6-19(7-3-16)23-10-12-25(13-11-23)30(27,28)21-14-18-15-24(9-8-20(18)29-21)22(26)17-4-5-17/h2-3,6-7,14,17H,4-5,8-13,15H2,1H3. The molecule has 0 bridgehead atoms. The number of fused-ring (bicyclic) bond motifs is 1. The van der Waals surface area contributed by atoms with Gasteiger partial charge < -0.3 is 9.80 Å². The van der Waals surface area contributed by atoms with E-state index in [9.17, 15) is 13.2 Å². The smallest absolute Gasteiger partial charge is 0.252 e. The van der Waals surface area contributed by atoms with Crippen molar-refractivity contribution in [3.8, 4) is 0 Å². The monoisotopic (exact) mass is 445 g/mol. The Hall–Kier alpha value is -1.90. The molecule has 1 saturated heterocycles. The number of benzene rings is 1. The Morgan fingerprint density at radius 2 is 1.73 bits per heavy atom. The molecule has 160 valence electrons. The normalized spacial score (nSPS) is 20.3. The highest BCUT2D eigenvalue weighted by Crippen LogP contribution is 2.36. The minimum atomic E-state index is -3.49. The molecule has 1 amide bonds. The molecule has 0 radical (unpaired) electrons. The topological polar surface area (TPSA) is 60.9 Å². The summed E-state index contributed by atoms with van der Waals surface area (Å²) in [6, 6.07) is 10.2. The van der Waals surface area contributed by atoms with Crippen LogP contribution in [0.4, 0.5) is 5.69 Å². The van der Waals surface area contributed by atoms with Gasteiger partial charge in [0.1, 0.15) is 4.21 Å². The van der Waals surface area contributed by atoms with Gasteiger partial charge in [-0.3, -0.25) is 4.79 Å². The van der Waals surface area contributed by atoms with E-state index in [0.717, 1.165) is 35.4 Å². The number of amides is 1. The van der Waals surface area contributed by atoms with E-state index in [4.69, 9.17) is 0 Å². The average molecular weight is 446 g/mol. The van der Waals surface area contributed by atoms with Crippen LogP contribution in [-0.2, 0) is 27.8 Å². The molecule has 2 aromatic rings. The summed E-state index contributed by atoms with van der Waals surface area (Å²) in [4.78, 5) is 17.7. The van der Waals surface area contributed by atoms with Crippen LogP contribution in [-0.4, -0.2) is 56.3 Å². The number of rotatable bonds is 4. The first-order valence-electron chi connectivity index (χ1n) is 10.6. The van der Waals surface area contributed by atoms with Gasteiger partial charge in [-0.25, -0.2) is 8.42 Å². The van der Waals surface area contributed by atoms with Gasteiger partial charge >= 0.3 is 0 Å². The van der Waals surface area contributed by atoms with Crippen molar-refractivity contribution in [1.29, 1.82) is 0 Å². The Bertz CT molecular complexity index is 1050. The zero-order chi connectivity index (χ0) is 20.9. The lowest BCUT2D eigenvalue weighted by atomic mass is 10.1. The van der Waals surface area contributed by atoms with E-state index in [-0.39, 0.29) is 11.8 Å². The van der Waals surface area contributed by atoms with Crippen molar-refractivity contribution in [2.24, 2.45) is 5.92 Å². The number of sulfonamides is 1. The lowest BCUT2D eigenvalue weighted by Gasteiger charge is -2.35. The fourth-order valence-corrected chi connectivity index (χ4v) is 7.40. The summed E-state index contributed by atoms with van der Waals surface area (Å²) in [5, 5.41) is 0. The molecule has 30 heavy (non-hydrogen) atoms. The molecular weight excluding hydrogens is 418 g/mol. The first kappa shape index (κ1) is 20.0. The number of carbonyl (C=O) groups is 1. The highest BCUT2D eigenvalue weighted by Gasteiger charge is 2.36. The van der Waals surface area contributed by atoms with Gasteiger partial charge in [0.15, 0.2) is 0 Å². The Morgan fingerprint density at radius 3 is 2.40 bits per heavy atom. The molecule has 5 rings (SSSR count). The van der Waals surface area contributed by atoms with Gasteiger partial charge in [-0.15, -0.1) is 11.3 Å². The van der Waals surface area contributed by atoms with Crippen molar-refractivity contribution in [1.82, 2.24) is 9.21 Å². The summed E-state index contributed by atoms with van der Waals surface area (Å²) >= 11 is 1.39. The molecule has 0 unspecified atom stereocenters. The SMILES string of the molecule is Cc1ccc(N2CCN(S(=O)(=O)c3cc4c(s3)CCN(C(=O)C3CC3)C4)CC2)cc1. The largest absolute Gasteiger partial charge is 0.369 e. The van der Waals surface area contributed by atoms with E-state index in [2.05, 4.69) is 36.1 Å². The number of hydrogen-bond donors (Lipinski definition) is 0. The van der Waals surface area contributed by atoms with E-state index in [1.165, 1.54) is 16.9 Å². The highest BCUT2D eigenvalue weighted by molar-refractivity contribution is 7.91. The molecule has 2 fully saturated rings. The van der Waals surface area contributed by atoms with Crippen molar-refractivity contribution in [3.63, 3.8) is 0 Å². The molecule has 6 nitrogen and oxygen atoms in total. The van der Waals surface area contributed by atoms with Crippen LogP contribution < -0.4 is 4.90 Å². The van der Waals surface area contributed by atoms with Gasteiger partial charge in [0.2, 0.25) is 5.91 Å². The average Bonchev–Trinajstić information content (AvgIpc) is 3.51. The quantitative estimate of drug-likeness (QED) is 0.726. The van der Waals surface area contributed by atoms with E-state index < -0.39 is 10.0 Å². The van der Waals surface area contributed by atoms with Gasteiger partial charge in [-0.05, 0) is 49.9 Å². The Kier molecular flexibility index (Phi) is 5.11. The fourth-order valence-electron chi connectivity index (χ4n) is 4.28. The number of carbonyl (C=O) groups excluding carboxylic acids is 1. The number of hydrogen-bond acceptors (Lipinski definition) is 5. The molecular formula is C22H27N3O3S2. The summed E-state index contributed by atoms with van der Waals surface area (Å²) in [5.41, 5.74) is 3.38. The van der Waals surface area contributed by atoms with Crippen molar-refractivity contribution >= 4 is 33.0 Å². The van der Waals surface area contributed by atoms with E-state index in [0.29, 0.717) is 43.5 Å². The molecule has 0 spiro atoms. The molecule has 1 saturated carbocycles. The third-order valence-corrected chi connectivity index (χ3v) is 9.90. The van der Waals surface area contributed by atoms with E-state index >= 15 is 0 Å². The molecule has 3 aliphatic rings. The molecule has 2 aliphatic heterocycles. The van der Waals surface area contributed by atoms with E-state index in [1.54, 1.807) is 4.31 Å². The summed E-state index contributed by atoms with van der Waals surface area (Å²) in [6.07, 6.45) is 2.76. The van der Waals surface area contributed by atoms with Crippen molar-refractivity contribution in [2.75, 3.05) is 37.6 Å². The summed E-state index contributed by atoms with van der Waals surface area (Å²) in [5.74, 6) is 0.446. The van der Waals surface area contributed by atoms with Gasteiger partial charge in [-0.1, -0.05) is 17.7 Å². The fraction of sp³-hybridized carbons (Fsp3) is 0.500. The first-order valence-corrected chi connectivity index (χ1v) is 12.9. The van der Waals surface area contributed by atoms with Gasteiger partial charge in [0, 0.05) is 55.8 Å². The van der Waals surface area contributed by atoms with Gasteiger partial charge in [0.05, 0.1) is 0 Å². The number of nitrogens with zero attached hydrogens (tertiary/aromatic N) is 3. The molecule has 1 aromatic heterocycles. The zero-order valence-corrected chi connectivity index (χ0v) is 18.8. The Balaban J connectivity index is 1.27. The number of piperazine rings is 1. The first-order chi connectivity index (χ1) is 14.4. The Morgan fingerprint density at radius 1 is 1.03 bits per heavy atom. The third-order valence-electron chi connectivity index (χ3n) is 6.31. The van der Waals surface area contributed by atoms with Crippen molar-refractivity contribution in [2.45, 2.75) is 36.9 Å². The van der Waals surface area contributed by atoms with Gasteiger partial charge in [0.25, 0.3) is 10.0 Å². The molecule has 1 aliphatic carbocycles. The maximum Gasteiger partial charge on any atom is 0.252 e. The van der Waals surface area contributed by atoms with Crippen LogP contribution in [0.1, 0.15) is 28.8 Å². The van der Waals surface area contributed by atoms with E-state index in [1.807, 2.05) is 11.0 Å². The summed E-state index contributed by atoms with van der Waals surface area (Å²) in [6.45, 7) is 5.69. The van der Waals surface area contributed by atoms with Crippen LogP contribution in [0.15, 0.2) is 34.5 Å². The third kappa shape index (κ3) is 3.76. The predicted octanol–water partition coefficient (Wildman–Crippen LogP) is 2.86. The maximum absolute atomic E-state index is 13.3. The lowest BCUT2D eigenvalue weighted by molar-refractivity contribution is -0.133. The summed E-state index contributed by atoms with van der Waals surface area (Å²) < 4.78 is 28.6. The van der Waals surface area contributed by atoms with Gasteiger partial charge in [-0.2, -0.15) is 4.31 Å². The molecule has 3 heterocycles. The van der Waals surface area contributed by atoms with Crippen LogP contribution >= 0.6 is 11.3 Å². The van der Waals surface area contributed by atoms with Crippen LogP contribution in [0.3, 0.4) is 0 Å². The second-order valence-electron chi connectivity index (χ2n) is 8.52.